The van der Waals surface area contributed by atoms with Gasteiger partial charge in [-0.2, -0.15) is 5.06 Å². The van der Waals surface area contributed by atoms with Crippen molar-refractivity contribution in [2.75, 3.05) is 18.7 Å². The van der Waals surface area contributed by atoms with Crippen LogP contribution < -0.4 is 0 Å². The summed E-state index contributed by atoms with van der Waals surface area (Å²) in [6, 6.07) is 0.476. The zero-order chi connectivity index (χ0) is 7.98. The molecule has 0 aliphatic carbocycles. The lowest BCUT2D eigenvalue weighted by Gasteiger charge is -2.22. The van der Waals surface area contributed by atoms with E-state index in [0.717, 1.165) is 11.6 Å². The van der Waals surface area contributed by atoms with E-state index in [1.54, 1.807) is 7.11 Å². The Balaban J connectivity index is 3.40. The first-order chi connectivity index (χ1) is 4.72. The average molecular weight is 163 g/mol. The summed E-state index contributed by atoms with van der Waals surface area (Å²) in [5, 5.41) is 1.97. The van der Waals surface area contributed by atoms with Crippen molar-refractivity contribution in [3.8, 4) is 0 Å². The number of nitrogens with zero attached hydrogens (tertiary/aromatic N) is 1. The van der Waals surface area contributed by atoms with Crippen LogP contribution in [0.5, 0.6) is 0 Å². The third-order valence-corrected chi connectivity index (χ3v) is 2.08. The number of hydrogen-bond acceptors (Lipinski definition) is 3. The lowest BCUT2D eigenvalue weighted by Crippen LogP contribution is -2.29. The van der Waals surface area contributed by atoms with Crippen molar-refractivity contribution in [2.45, 2.75) is 26.8 Å². The molecule has 0 aromatic carbocycles. The summed E-state index contributed by atoms with van der Waals surface area (Å²) >= 11 is 1.87. The molecule has 0 saturated heterocycles. The molecule has 10 heavy (non-hydrogen) atoms. The van der Waals surface area contributed by atoms with Gasteiger partial charge in [-0.15, -0.1) is 11.8 Å². The van der Waals surface area contributed by atoms with E-state index >= 15 is 0 Å². The van der Waals surface area contributed by atoms with Gasteiger partial charge in [-0.3, -0.25) is 0 Å². The molecule has 2 nitrogen and oxygen atoms in total. The van der Waals surface area contributed by atoms with Crippen molar-refractivity contribution in [2.24, 2.45) is 0 Å². The Labute approximate surface area is 67.9 Å². The lowest BCUT2D eigenvalue weighted by atomic mass is 10.4. The largest absolute Gasteiger partial charge is 0.301 e. The molecule has 0 atom stereocenters. The van der Waals surface area contributed by atoms with Crippen molar-refractivity contribution in [3.63, 3.8) is 0 Å². The first-order valence-corrected chi connectivity index (χ1v) is 4.76. The van der Waals surface area contributed by atoms with Crippen LogP contribution in [0.4, 0.5) is 0 Å². The van der Waals surface area contributed by atoms with Gasteiger partial charge in [0, 0.05) is 6.04 Å². The second kappa shape index (κ2) is 6.01. The molecule has 0 unspecified atom stereocenters. The molecule has 62 valence electrons. The van der Waals surface area contributed by atoms with E-state index in [0.29, 0.717) is 6.04 Å². The van der Waals surface area contributed by atoms with E-state index in [4.69, 9.17) is 4.84 Å². The number of rotatable bonds is 5. The Kier molecular flexibility index (Phi) is 6.17. The SMILES string of the molecule is CCSCN(OC)C(C)C. The Hall–Kier alpha value is 0.270. The minimum atomic E-state index is 0.476. The minimum Gasteiger partial charge on any atom is -0.301 e. The maximum atomic E-state index is 5.13. The normalized spacial score (nSPS) is 11.4. The number of thioether (sulfide) groups is 1. The lowest BCUT2D eigenvalue weighted by molar-refractivity contribution is -0.137. The highest BCUT2D eigenvalue weighted by atomic mass is 32.2. The minimum absolute atomic E-state index is 0.476. The fourth-order valence-electron chi connectivity index (χ4n) is 0.594. The summed E-state index contributed by atoms with van der Waals surface area (Å²) in [7, 11) is 1.72. The van der Waals surface area contributed by atoms with Gasteiger partial charge in [0.05, 0.1) is 13.0 Å². The molecule has 0 N–H and O–H groups in total. The van der Waals surface area contributed by atoms with Crippen LogP contribution in [0.15, 0.2) is 0 Å². The maximum absolute atomic E-state index is 5.13. The predicted octanol–water partition coefficient (Wildman–Crippen LogP) is 1.97. The number of hydrogen-bond donors (Lipinski definition) is 0. The molecule has 0 radical (unpaired) electrons. The summed E-state index contributed by atoms with van der Waals surface area (Å²) < 4.78 is 0. The molecule has 0 fully saturated rings. The molecule has 0 aliphatic rings. The molecule has 0 aromatic heterocycles. The van der Waals surface area contributed by atoms with Crippen LogP contribution in [0.1, 0.15) is 20.8 Å². The Morgan fingerprint density at radius 1 is 1.50 bits per heavy atom. The van der Waals surface area contributed by atoms with Crippen LogP contribution in [0.3, 0.4) is 0 Å². The highest BCUT2D eigenvalue weighted by Gasteiger charge is 2.05. The second-order valence-electron chi connectivity index (χ2n) is 2.32. The van der Waals surface area contributed by atoms with Crippen molar-refractivity contribution in [3.05, 3.63) is 0 Å². The van der Waals surface area contributed by atoms with Crippen LogP contribution >= 0.6 is 11.8 Å². The summed E-state index contributed by atoms with van der Waals surface area (Å²) in [6.07, 6.45) is 0. The first-order valence-electron chi connectivity index (χ1n) is 3.60. The highest BCUT2D eigenvalue weighted by molar-refractivity contribution is 7.99. The quantitative estimate of drug-likeness (QED) is 0.454. The van der Waals surface area contributed by atoms with Gasteiger partial charge in [0.1, 0.15) is 0 Å². The van der Waals surface area contributed by atoms with Crippen LogP contribution in [-0.4, -0.2) is 29.8 Å². The van der Waals surface area contributed by atoms with Gasteiger partial charge in [0.2, 0.25) is 0 Å². The van der Waals surface area contributed by atoms with Gasteiger partial charge in [-0.05, 0) is 19.6 Å². The third kappa shape index (κ3) is 4.14. The molecule has 0 rings (SSSR count). The molecule has 0 amide bonds. The van der Waals surface area contributed by atoms with E-state index in [-0.39, 0.29) is 0 Å². The summed E-state index contributed by atoms with van der Waals surface area (Å²) in [5.41, 5.74) is 0. The average Bonchev–Trinajstić information content (AvgIpc) is 1.89. The van der Waals surface area contributed by atoms with Crippen LogP contribution in [0, 0.1) is 0 Å². The van der Waals surface area contributed by atoms with Gasteiger partial charge in [-0.25, -0.2) is 0 Å². The monoisotopic (exact) mass is 163 g/mol. The van der Waals surface area contributed by atoms with E-state index in [1.165, 1.54) is 0 Å². The summed E-state index contributed by atoms with van der Waals surface area (Å²) in [4.78, 5) is 5.13. The van der Waals surface area contributed by atoms with Gasteiger partial charge in [-0.1, -0.05) is 6.92 Å². The molecular formula is C7H17NOS. The zero-order valence-corrected chi connectivity index (χ0v) is 8.07. The molecule has 0 spiro atoms. The standard InChI is InChI=1S/C7H17NOS/c1-5-10-6-8(9-4)7(2)3/h7H,5-6H2,1-4H3. The Bertz CT molecular complexity index is 78.0. The Morgan fingerprint density at radius 3 is 2.40 bits per heavy atom. The van der Waals surface area contributed by atoms with Gasteiger partial charge in [0.25, 0.3) is 0 Å². The molecule has 0 heterocycles. The first kappa shape index (κ1) is 10.3. The molecular weight excluding hydrogens is 146 g/mol. The van der Waals surface area contributed by atoms with E-state index in [9.17, 15) is 0 Å². The maximum Gasteiger partial charge on any atom is 0.0699 e. The number of hydroxylamine groups is 2. The van der Waals surface area contributed by atoms with E-state index in [1.807, 2.05) is 16.8 Å². The van der Waals surface area contributed by atoms with Crippen LogP contribution in [-0.2, 0) is 4.84 Å². The fraction of sp³-hybridized carbons (Fsp3) is 1.00. The third-order valence-electron chi connectivity index (χ3n) is 1.23. The van der Waals surface area contributed by atoms with Crippen LogP contribution in [0.25, 0.3) is 0 Å². The summed E-state index contributed by atoms with van der Waals surface area (Å²) in [6.45, 7) is 6.40. The zero-order valence-electron chi connectivity index (χ0n) is 7.26. The van der Waals surface area contributed by atoms with Crippen molar-refractivity contribution >= 4 is 11.8 Å². The Morgan fingerprint density at radius 2 is 2.10 bits per heavy atom. The van der Waals surface area contributed by atoms with Crippen molar-refractivity contribution < 1.29 is 4.84 Å². The van der Waals surface area contributed by atoms with Gasteiger partial charge in [0.15, 0.2) is 0 Å². The van der Waals surface area contributed by atoms with E-state index < -0.39 is 0 Å². The second-order valence-corrected chi connectivity index (χ2v) is 3.56. The molecule has 0 saturated carbocycles. The van der Waals surface area contributed by atoms with Crippen molar-refractivity contribution in [1.29, 1.82) is 0 Å². The molecule has 3 heteroatoms. The molecule has 0 aromatic rings. The fourth-order valence-corrected chi connectivity index (χ4v) is 1.36. The highest BCUT2D eigenvalue weighted by Crippen LogP contribution is 2.06. The van der Waals surface area contributed by atoms with Gasteiger partial charge >= 0.3 is 0 Å². The summed E-state index contributed by atoms with van der Waals surface area (Å²) in [5.74, 6) is 2.11. The van der Waals surface area contributed by atoms with Crippen molar-refractivity contribution in [1.82, 2.24) is 5.06 Å². The van der Waals surface area contributed by atoms with E-state index in [2.05, 4.69) is 20.8 Å². The topological polar surface area (TPSA) is 12.5 Å². The molecule has 0 bridgehead atoms. The molecule has 0 aliphatic heterocycles. The van der Waals surface area contributed by atoms with Crippen LogP contribution in [0.2, 0.25) is 0 Å². The van der Waals surface area contributed by atoms with Gasteiger partial charge < -0.3 is 4.84 Å². The predicted molar refractivity (Wildman–Crippen MR) is 47.0 cm³/mol. The smallest absolute Gasteiger partial charge is 0.0699 e.